The maximum Gasteiger partial charge on any atom is 0.416 e. The lowest BCUT2D eigenvalue weighted by Gasteiger charge is -2.18. The number of alkyl halides is 4. The van der Waals surface area contributed by atoms with Gasteiger partial charge in [-0.15, -0.1) is 0 Å². The van der Waals surface area contributed by atoms with Crippen molar-refractivity contribution in [3.8, 4) is 0 Å². The summed E-state index contributed by atoms with van der Waals surface area (Å²) in [7, 11) is 0. The number of benzene rings is 1. The van der Waals surface area contributed by atoms with Crippen LogP contribution in [-0.4, -0.2) is 36.9 Å². The monoisotopic (exact) mass is 281 g/mol. The molecule has 0 bridgehead atoms. The fourth-order valence-electron chi connectivity index (χ4n) is 1.31. The molecule has 1 aromatic rings. The van der Waals surface area contributed by atoms with Gasteiger partial charge in [-0.25, -0.2) is 8.78 Å². The normalized spacial score (nSPS) is 13.8. The van der Waals surface area contributed by atoms with Crippen LogP contribution in [0, 0.1) is 0 Å². The van der Waals surface area contributed by atoms with Crippen LogP contribution < -0.4 is 5.32 Å². The van der Waals surface area contributed by atoms with E-state index in [2.05, 4.69) is 10.1 Å². The predicted molar refractivity (Wildman–Crippen MR) is 61.1 cm³/mol. The second-order valence-electron chi connectivity index (χ2n) is 3.94. The average Bonchev–Trinajstić information content (AvgIpc) is 2.37. The first-order chi connectivity index (χ1) is 8.92. The Morgan fingerprint density at radius 1 is 1.21 bits per heavy atom. The summed E-state index contributed by atoms with van der Waals surface area (Å²) in [6.45, 7) is -0.462. The molecule has 0 aliphatic rings. The number of aliphatic hydroxyl groups excluding tert-OH is 1. The van der Waals surface area contributed by atoms with Crippen molar-refractivity contribution in [3.05, 3.63) is 35.9 Å². The number of nitrogens with one attached hydrogen (secondary N) is 1. The van der Waals surface area contributed by atoms with Crippen LogP contribution in [0.3, 0.4) is 0 Å². The van der Waals surface area contributed by atoms with E-state index in [1.807, 2.05) is 30.3 Å². The van der Waals surface area contributed by atoms with Gasteiger partial charge < -0.3 is 15.2 Å². The molecule has 0 aromatic heterocycles. The molecule has 1 atom stereocenters. The molecular formula is C12H15F4NO2. The first kappa shape index (κ1) is 15.9. The van der Waals surface area contributed by atoms with Gasteiger partial charge >= 0.3 is 12.5 Å². The van der Waals surface area contributed by atoms with Crippen molar-refractivity contribution < 1.29 is 27.4 Å². The number of aliphatic hydroxyl groups is 1. The topological polar surface area (TPSA) is 41.5 Å². The van der Waals surface area contributed by atoms with Crippen molar-refractivity contribution >= 4 is 0 Å². The standard InChI is InChI=1S/C12H15F4NO2/c13-11(14)12(15,16)19-8-10(18)7-17-6-9-4-2-1-3-5-9/h1-5,10-11,17-18H,6-8H2. The second kappa shape index (κ2) is 7.42. The Morgan fingerprint density at radius 3 is 2.42 bits per heavy atom. The van der Waals surface area contributed by atoms with Crippen LogP contribution >= 0.6 is 0 Å². The molecule has 0 aliphatic heterocycles. The van der Waals surface area contributed by atoms with Crippen LogP contribution in [0.1, 0.15) is 5.56 Å². The summed E-state index contributed by atoms with van der Waals surface area (Å²) < 4.78 is 52.0. The molecule has 1 unspecified atom stereocenters. The second-order valence-corrected chi connectivity index (χ2v) is 3.94. The average molecular weight is 281 g/mol. The van der Waals surface area contributed by atoms with Crippen LogP contribution in [-0.2, 0) is 11.3 Å². The zero-order valence-corrected chi connectivity index (χ0v) is 10.0. The minimum Gasteiger partial charge on any atom is -0.389 e. The van der Waals surface area contributed by atoms with E-state index >= 15 is 0 Å². The van der Waals surface area contributed by atoms with Crippen LogP contribution in [0.5, 0.6) is 0 Å². The van der Waals surface area contributed by atoms with Gasteiger partial charge in [-0.3, -0.25) is 0 Å². The van der Waals surface area contributed by atoms with Gasteiger partial charge in [-0.1, -0.05) is 30.3 Å². The third-order valence-electron chi connectivity index (χ3n) is 2.27. The van der Waals surface area contributed by atoms with E-state index in [1.54, 1.807) is 0 Å². The molecular weight excluding hydrogens is 266 g/mol. The highest BCUT2D eigenvalue weighted by Gasteiger charge is 2.42. The molecule has 0 saturated carbocycles. The molecule has 0 spiro atoms. The van der Waals surface area contributed by atoms with Gasteiger partial charge in [-0.2, -0.15) is 8.78 Å². The third kappa shape index (κ3) is 6.00. The van der Waals surface area contributed by atoms with E-state index in [-0.39, 0.29) is 6.54 Å². The molecule has 0 heterocycles. The van der Waals surface area contributed by atoms with Crippen molar-refractivity contribution in [1.82, 2.24) is 5.32 Å². The van der Waals surface area contributed by atoms with Crippen LogP contribution in [0.15, 0.2) is 30.3 Å². The molecule has 0 saturated heterocycles. The lowest BCUT2D eigenvalue weighted by Crippen LogP contribution is -2.37. The number of hydrogen-bond donors (Lipinski definition) is 2. The van der Waals surface area contributed by atoms with E-state index in [1.165, 1.54) is 0 Å². The Morgan fingerprint density at radius 2 is 1.84 bits per heavy atom. The molecule has 0 fully saturated rings. The van der Waals surface area contributed by atoms with Crippen LogP contribution in [0.2, 0.25) is 0 Å². The Bertz CT molecular complexity index is 362. The van der Waals surface area contributed by atoms with Crippen molar-refractivity contribution in [2.45, 2.75) is 25.2 Å². The van der Waals surface area contributed by atoms with Gasteiger partial charge in [0.1, 0.15) is 0 Å². The van der Waals surface area contributed by atoms with Gasteiger partial charge in [0.25, 0.3) is 0 Å². The van der Waals surface area contributed by atoms with Gasteiger partial charge in [0, 0.05) is 13.1 Å². The molecule has 0 amide bonds. The van der Waals surface area contributed by atoms with Crippen molar-refractivity contribution in [3.63, 3.8) is 0 Å². The molecule has 2 N–H and O–H groups in total. The summed E-state index contributed by atoms with van der Waals surface area (Å²) in [4.78, 5) is 0. The fraction of sp³-hybridized carbons (Fsp3) is 0.500. The van der Waals surface area contributed by atoms with Crippen molar-refractivity contribution in [2.75, 3.05) is 13.2 Å². The van der Waals surface area contributed by atoms with Crippen LogP contribution in [0.4, 0.5) is 17.6 Å². The highest BCUT2D eigenvalue weighted by Crippen LogP contribution is 2.23. The zero-order chi connectivity index (χ0) is 14.3. The van der Waals surface area contributed by atoms with Gasteiger partial charge in [0.05, 0.1) is 12.7 Å². The first-order valence-corrected chi connectivity index (χ1v) is 5.64. The highest BCUT2D eigenvalue weighted by molar-refractivity contribution is 5.14. The lowest BCUT2D eigenvalue weighted by molar-refractivity contribution is -0.306. The van der Waals surface area contributed by atoms with E-state index in [0.29, 0.717) is 6.54 Å². The number of ether oxygens (including phenoxy) is 1. The molecule has 3 nitrogen and oxygen atoms in total. The lowest BCUT2D eigenvalue weighted by atomic mass is 10.2. The molecule has 108 valence electrons. The van der Waals surface area contributed by atoms with E-state index < -0.39 is 25.2 Å². The quantitative estimate of drug-likeness (QED) is 0.716. The summed E-state index contributed by atoms with van der Waals surface area (Å²) in [5.41, 5.74) is 0.952. The third-order valence-corrected chi connectivity index (χ3v) is 2.27. The Hall–Kier alpha value is -1.18. The maximum absolute atomic E-state index is 12.4. The SMILES string of the molecule is OC(CNCc1ccccc1)COC(F)(F)C(F)F. The minimum atomic E-state index is -4.53. The summed E-state index contributed by atoms with van der Waals surface area (Å²) in [5.74, 6) is 0. The molecule has 1 aromatic carbocycles. The fourth-order valence-corrected chi connectivity index (χ4v) is 1.31. The number of halogens is 4. The smallest absolute Gasteiger partial charge is 0.389 e. The zero-order valence-electron chi connectivity index (χ0n) is 10.0. The molecule has 7 heteroatoms. The molecule has 19 heavy (non-hydrogen) atoms. The first-order valence-electron chi connectivity index (χ1n) is 5.64. The predicted octanol–water partition coefficient (Wildman–Crippen LogP) is 2.01. The maximum atomic E-state index is 12.4. The number of rotatable bonds is 8. The van der Waals surface area contributed by atoms with E-state index in [0.717, 1.165) is 5.56 Å². The summed E-state index contributed by atoms with van der Waals surface area (Å²) in [6, 6.07) is 9.21. The number of hydrogen-bond acceptors (Lipinski definition) is 3. The Labute approximate surface area is 108 Å². The van der Waals surface area contributed by atoms with E-state index in [4.69, 9.17) is 0 Å². The van der Waals surface area contributed by atoms with Crippen molar-refractivity contribution in [2.24, 2.45) is 0 Å². The highest BCUT2D eigenvalue weighted by atomic mass is 19.3. The molecule has 0 aliphatic carbocycles. The van der Waals surface area contributed by atoms with Crippen LogP contribution in [0.25, 0.3) is 0 Å². The summed E-state index contributed by atoms with van der Waals surface area (Å²) in [6.07, 6.45) is -9.72. The molecule has 1 rings (SSSR count). The Kier molecular flexibility index (Phi) is 6.20. The summed E-state index contributed by atoms with van der Waals surface area (Å²) >= 11 is 0. The molecule has 0 radical (unpaired) electrons. The van der Waals surface area contributed by atoms with Crippen molar-refractivity contribution in [1.29, 1.82) is 0 Å². The summed E-state index contributed by atoms with van der Waals surface area (Å²) in [5, 5.41) is 12.1. The van der Waals surface area contributed by atoms with Gasteiger partial charge in [-0.05, 0) is 5.56 Å². The van der Waals surface area contributed by atoms with Gasteiger partial charge in [0.15, 0.2) is 0 Å². The minimum absolute atomic E-state index is 0.0335. The largest absolute Gasteiger partial charge is 0.416 e. The Balaban J connectivity index is 2.20. The van der Waals surface area contributed by atoms with Gasteiger partial charge in [0.2, 0.25) is 0 Å². The van der Waals surface area contributed by atoms with E-state index in [9.17, 15) is 22.7 Å².